The molecule has 0 bridgehead atoms. The maximum absolute atomic E-state index is 11.9. The fourth-order valence-corrected chi connectivity index (χ4v) is 3.85. The maximum Gasteiger partial charge on any atom is 0.250 e. The Kier molecular flexibility index (Phi) is 8.04. The zero-order valence-corrected chi connectivity index (χ0v) is 17.9. The lowest BCUT2D eigenvalue weighted by Crippen LogP contribution is -2.19. The number of benzene rings is 2. The zero-order chi connectivity index (χ0) is 21.2. The second-order valence-electron chi connectivity index (χ2n) is 5.98. The molecule has 0 fully saturated rings. The molecule has 8 nitrogen and oxygen atoms in total. The van der Waals surface area contributed by atoms with Crippen molar-refractivity contribution >= 4 is 40.4 Å². The maximum atomic E-state index is 11.9. The van der Waals surface area contributed by atoms with Gasteiger partial charge < -0.3 is 15.2 Å². The van der Waals surface area contributed by atoms with E-state index in [0.717, 1.165) is 12.0 Å². The fraction of sp³-hybridized carbons (Fsp3) is 0.200. The molecule has 30 heavy (non-hydrogen) atoms. The van der Waals surface area contributed by atoms with Gasteiger partial charge in [0.05, 0.1) is 25.7 Å². The number of hydrazone groups is 1. The van der Waals surface area contributed by atoms with E-state index in [1.54, 1.807) is 19.4 Å². The molecule has 10 heteroatoms. The van der Waals surface area contributed by atoms with Crippen LogP contribution >= 0.6 is 23.1 Å². The first-order valence-corrected chi connectivity index (χ1v) is 10.8. The first-order chi connectivity index (χ1) is 14.6. The monoisotopic (exact) mass is 443 g/mol. The van der Waals surface area contributed by atoms with Crippen LogP contribution in [0.1, 0.15) is 11.1 Å². The molecule has 0 spiro atoms. The minimum atomic E-state index is -0.252. The van der Waals surface area contributed by atoms with Crippen LogP contribution in [0.2, 0.25) is 0 Å². The van der Waals surface area contributed by atoms with Crippen LogP contribution in [-0.4, -0.2) is 41.8 Å². The Labute approximate surface area is 182 Å². The molecule has 0 unspecified atom stereocenters. The summed E-state index contributed by atoms with van der Waals surface area (Å²) < 4.78 is 11.9. The van der Waals surface area contributed by atoms with Crippen molar-refractivity contribution < 1.29 is 14.3 Å². The topological polar surface area (TPSA) is 112 Å². The molecule has 0 aliphatic carbocycles. The molecular weight excluding hydrogens is 422 g/mol. The highest BCUT2D eigenvalue weighted by Gasteiger charge is 2.07. The third-order valence-electron chi connectivity index (χ3n) is 3.83. The smallest absolute Gasteiger partial charge is 0.250 e. The molecule has 156 valence electrons. The number of nitrogen functional groups attached to an aromatic ring is 1. The summed E-state index contributed by atoms with van der Waals surface area (Å²) in [6.45, 7) is 0.543. The van der Waals surface area contributed by atoms with Crippen LogP contribution in [0.25, 0.3) is 0 Å². The van der Waals surface area contributed by atoms with Gasteiger partial charge >= 0.3 is 0 Å². The Bertz CT molecular complexity index is 995. The van der Waals surface area contributed by atoms with Crippen molar-refractivity contribution in [2.75, 3.05) is 25.2 Å². The number of nitrogens with zero attached hydrogens (tertiary/aromatic N) is 3. The third-order valence-corrected chi connectivity index (χ3v) is 5.72. The number of amides is 1. The van der Waals surface area contributed by atoms with Gasteiger partial charge in [0.15, 0.2) is 15.8 Å². The van der Waals surface area contributed by atoms with Crippen molar-refractivity contribution in [1.29, 1.82) is 0 Å². The van der Waals surface area contributed by atoms with Crippen molar-refractivity contribution in [3.05, 3.63) is 59.7 Å². The quantitative estimate of drug-likeness (QED) is 0.281. The summed E-state index contributed by atoms with van der Waals surface area (Å²) in [6, 6.07) is 15.6. The molecule has 3 N–H and O–H groups in total. The standard InChI is InChI=1S/C20H21N5O3S2/c1-27-17-11-15(7-8-16(17)28-10-9-14-5-3-2-4-6-14)12-22-23-18(26)13-29-20-25-24-19(21)30-20/h2-8,11-12H,9-10,13H2,1H3,(H2,21,24)(H,23,26). The summed E-state index contributed by atoms with van der Waals surface area (Å²) in [7, 11) is 1.58. The van der Waals surface area contributed by atoms with E-state index in [2.05, 4.69) is 32.9 Å². The van der Waals surface area contributed by atoms with Gasteiger partial charge in [0.2, 0.25) is 5.13 Å². The number of nitrogens with two attached hydrogens (primary N) is 1. The molecule has 1 heterocycles. The largest absolute Gasteiger partial charge is 0.493 e. The number of thioether (sulfide) groups is 1. The molecule has 3 rings (SSSR count). The summed E-state index contributed by atoms with van der Waals surface area (Å²) in [5, 5.41) is 11.9. The van der Waals surface area contributed by atoms with Crippen LogP contribution in [0.15, 0.2) is 58.0 Å². The summed E-state index contributed by atoms with van der Waals surface area (Å²) >= 11 is 2.49. The summed E-state index contributed by atoms with van der Waals surface area (Å²) in [5.41, 5.74) is 9.96. The van der Waals surface area contributed by atoms with E-state index in [9.17, 15) is 4.79 Å². The van der Waals surface area contributed by atoms with Crippen LogP contribution in [0.4, 0.5) is 5.13 Å². The Morgan fingerprint density at radius 2 is 2.07 bits per heavy atom. The van der Waals surface area contributed by atoms with Crippen LogP contribution in [-0.2, 0) is 11.2 Å². The minimum Gasteiger partial charge on any atom is -0.493 e. The molecule has 1 amide bonds. The van der Waals surface area contributed by atoms with Gasteiger partial charge in [-0.1, -0.05) is 53.4 Å². The van der Waals surface area contributed by atoms with Gasteiger partial charge in [-0.25, -0.2) is 5.43 Å². The molecule has 0 saturated heterocycles. The number of rotatable bonds is 10. The van der Waals surface area contributed by atoms with E-state index in [1.165, 1.54) is 28.7 Å². The molecule has 2 aromatic carbocycles. The molecular formula is C20H21N5O3S2. The molecule has 1 aromatic heterocycles. The van der Waals surface area contributed by atoms with Crippen molar-refractivity contribution in [3.63, 3.8) is 0 Å². The zero-order valence-electron chi connectivity index (χ0n) is 16.3. The van der Waals surface area contributed by atoms with Crippen molar-refractivity contribution in [3.8, 4) is 11.5 Å². The van der Waals surface area contributed by atoms with E-state index >= 15 is 0 Å². The van der Waals surface area contributed by atoms with E-state index < -0.39 is 0 Å². The summed E-state index contributed by atoms with van der Waals surface area (Å²) in [6.07, 6.45) is 2.35. The number of hydrogen-bond acceptors (Lipinski definition) is 9. The number of anilines is 1. The number of nitrogens with one attached hydrogen (secondary N) is 1. The summed E-state index contributed by atoms with van der Waals surface area (Å²) in [5.74, 6) is 1.17. The van der Waals surface area contributed by atoms with Gasteiger partial charge in [0.1, 0.15) is 0 Å². The summed E-state index contributed by atoms with van der Waals surface area (Å²) in [4.78, 5) is 11.9. The number of methoxy groups -OCH3 is 1. The van der Waals surface area contributed by atoms with Crippen LogP contribution in [0, 0.1) is 0 Å². The number of carbonyl (C=O) groups excluding carboxylic acids is 1. The second-order valence-corrected chi connectivity index (χ2v) is 8.21. The highest BCUT2D eigenvalue weighted by Crippen LogP contribution is 2.27. The SMILES string of the molecule is COc1cc(C=NNC(=O)CSc2nnc(N)s2)ccc1OCCc1ccccc1. The predicted octanol–water partition coefficient (Wildman–Crippen LogP) is 2.99. The molecule has 0 saturated carbocycles. The average molecular weight is 444 g/mol. The molecule has 0 atom stereocenters. The van der Waals surface area contributed by atoms with E-state index in [0.29, 0.717) is 27.6 Å². The van der Waals surface area contributed by atoms with Gasteiger partial charge in [-0.2, -0.15) is 5.10 Å². The molecule has 0 aliphatic rings. The van der Waals surface area contributed by atoms with Gasteiger partial charge in [-0.3, -0.25) is 4.79 Å². The van der Waals surface area contributed by atoms with Crippen molar-refractivity contribution in [1.82, 2.24) is 15.6 Å². The Balaban J connectivity index is 1.47. The second kappa shape index (κ2) is 11.2. The lowest BCUT2D eigenvalue weighted by molar-refractivity contribution is -0.118. The third kappa shape index (κ3) is 6.75. The highest BCUT2D eigenvalue weighted by molar-refractivity contribution is 8.01. The Hall–Kier alpha value is -3.11. The molecule has 3 aromatic rings. The van der Waals surface area contributed by atoms with Crippen LogP contribution in [0.5, 0.6) is 11.5 Å². The minimum absolute atomic E-state index is 0.170. The lowest BCUT2D eigenvalue weighted by Gasteiger charge is -2.11. The number of ether oxygens (including phenoxy) is 2. The molecule has 0 radical (unpaired) electrons. The van der Waals surface area contributed by atoms with Crippen LogP contribution in [0.3, 0.4) is 0 Å². The van der Waals surface area contributed by atoms with E-state index in [1.807, 2.05) is 30.3 Å². The van der Waals surface area contributed by atoms with Gasteiger partial charge in [-0.15, -0.1) is 10.2 Å². The fourth-order valence-electron chi connectivity index (χ4n) is 2.42. The van der Waals surface area contributed by atoms with Crippen LogP contribution < -0.4 is 20.6 Å². The number of aromatic nitrogens is 2. The number of carbonyl (C=O) groups is 1. The van der Waals surface area contributed by atoms with Crippen molar-refractivity contribution in [2.45, 2.75) is 10.8 Å². The van der Waals surface area contributed by atoms with E-state index in [4.69, 9.17) is 15.2 Å². The normalized spacial score (nSPS) is 10.8. The first kappa shape index (κ1) is 21.6. The van der Waals surface area contributed by atoms with E-state index in [-0.39, 0.29) is 11.7 Å². The Morgan fingerprint density at radius 1 is 1.23 bits per heavy atom. The number of hydrogen-bond donors (Lipinski definition) is 2. The van der Waals surface area contributed by atoms with Gasteiger partial charge in [0, 0.05) is 6.42 Å². The average Bonchev–Trinajstić information content (AvgIpc) is 3.19. The van der Waals surface area contributed by atoms with Gasteiger partial charge in [0.25, 0.3) is 5.91 Å². The lowest BCUT2D eigenvalue weighted by atomic mass is 10.2. The highest BCUT2D eigenvalue weighted by atomic mass is 32.2. The Morgan fingerprint density at radius 3 is 2.80 bits per heavy atom. The predicted molar refractivity (Wildman–Crippen MR) is 119 cm³/mol. The van der Waals surface area contributed by atoms with Gasteiger partial charge in [-0.05, 0) is 29.3 Å². The molecule has 0 aliphatic heterocycles. The first-order valence-electron chi connectivity index (χ1n) is 9.02. The van der Waals surface area contributed by atoms with Crippen molar-refractivity contribution in [2.24, 2.45) is 5.10 Å².